The fraction of sp³-hybridized carbons (Fsp3) is 0.448. The fourth-order valence-corrected chi connectivity index (χ4v) is 7.00. The molecule has 8 unspecified atom stereocenters. The number of hydrogen-bond acceptors (Lipinski definition) is 12. The van der Waals surface area contributed by atoms with E-state index < -0.39 is 83.3 Å². The van der Waals surface area contributed by atoms with E-state index in [4.69, 9.17) is 4.74 Å². The van der Waals surface area contributed by atoms with Crippen molar-refractivity contribution in [3.05, 3.63) is 47.0 Å². The summed E-state index contributed by atoms with van der Waals surface area (Å²) in [5.74, 6) is -8.29. The summed E-state index contributed by atoms with van der Waals surface area (Å²) in [6, 6.07) is 7.21. The molecule has 1 aromatic rings. The Morgan fingerprint density at radius 2 is 1.05 bits per heavy atom. The maximum Gasteiger partial charge on any atom is 0.321 e. The zero-order valence-corrected chi connectivity index (χ0v) is 21.7. The molecule has 0 N–H and O–H groups in total. The molecule has 41 heavy (non-hydrogen) atoms. The maximum absolute atomic E-state index is 11.9. The van der Waals surface area contributed by atoms with Crippen LogP contribution in [0.25, 0.3) is 0 Å². The highest BCUT2D eigenvalue weighted by Crippen LogP contribution is 2.51. The minimum atomic E-state index is -0.604. The number of rotatable bonds is 2. The van der Waals surface area contributed by atoms with Crippen molar-refractivity contribution in [3.8, 4) is 0 Å². The van der Waals surface area contributed by atoms with Crippen molar-refractivity contribution in [1.29, 1.82) is 0 Å². The average Bonchev–Trinajstić information content (AvgIpc) is 3.62. The van der Waals surface area contributed by atoms with Crippen LogP contribution in [-0.4, -0.2) is 47.8 Å². The molecule has 0 spiro atoms. The Balaban J connectivity index is 0.000000149. The summed E-state index contributed by atoms with van der Waals surface area (Å²) in [4.78, 5) is 93.0. The van der Waals surface area contributed by atoms with E-state index in [1.54, 1.807) is 25.1 Å². The van der Waals surface area contributed by atoms with E-state index in [9.17, 15) is 38.4 Å². The number of benzene rings is 1. The van der Waals surface area contributed by atoms with Crippen LogP contribution in [0.5, 0.6) is 0 Å². The summed E-state index contributed by atoms with van der Waals surface area (Å²) in [5.41, 5.74) is 2.27. The predicted octanol–water partition coefficient (Wildman–Crippen LogP) is 1.40. The zero-order valence-electron chi connectivity index (χ0n) is 21.7. The lowest BCUT2D eigenvalue weighted by Gasteiger charge is -2.32. The van der Waals surface area contributed by atoms with Crippen LogP contribution in [0.1, 0.15) is 55.6 Å². The van der Waals surface area contributed by atoms with Gasteiger partial charge in [-0.15, -0.1) is 0 Å². The first-order chi connectivity index (χ1) is 19.5. The molecule has 12 heteroatoms. The highest BCUT2D eigenvalue weighted by Gasteiger charge is 2.54. The molecule has 8 atom stereocenters. The van der Waals surface area contributed by atoms with Crippen molar-refractivity contribution in [1.82, 2.24) is 0 Å². The van der Waals surface area contributed by atoms with Crippen LogP contribution >= 0.6 is 0 Å². The Labute approximate surface area is 232 Å². The van der Waals surface area contributed by atoms with E-state index in [-0.39, 0.29) is 24.7 Å². The molecular weight excluding hydrogens is 540 g/mol. The molecule has 212 valence electrons. The second-order valence-corrected chi connectivity index (χ2v) is 11.1. The minimum Gasteiger partial charge on any atom is -0.393 e. The molecule has 4 fully saturated rings. The van der Waals surface area contributed by atoms with Crippen LogP contribution < -0.4 is 0 Å². The monoisotopic (exact) mass is 564 g/mol. The van der Waals surface area contributed by atoms with Gasteiger partial charge >= 0.3 is 47.8 Å². The molecule has 0 amide bonds. The van der Waals surface area contributed by atoms with Crippen molar-refractivity contribution in [2.24, 2.45) is 35.5 Å². The summed E-state index contributed by atoms with van der Waals surface area (Å²) in [6.45, 7) is 1.74. The number of cyclic esters (lactones) is 8. The summed E-state index contributed by atoms with van der Waals surface area (Å²) in [7, 11) is 0. The number of allylic oxidation sites excluding steroid dienone is 1. The molecule has 4 saturated heterocycles. The first kappa shape index (κ1) is 26.7. The Morgan fingerprint density at radius 3 is 1.63 bits per heavy atom. The second kappa shape index (κ2) is 9.86. The summed E-state index contributed by atoms with van der Waals surface area (Å²) < 4.78 is 18.6. The molecule has 2 aliphatic carbocycles. The summed E-state index contributed by atoms with van der Waals surface area (Å²) >= 11 is 0. The lowest BCUT2D eigenvalue weighted by Crippen LogP contribution is -2.31. The second-order valence-electron chi connectivity index (χ2n) is 11.1. The van der Waals surface area contributed by atoms with Crippen LogP contribution in [0.3, 0.4) is 0 Å². The number of ether oxygens (including phenoxy) is 4. The first-order valence-electron chi connectivity index (χ1n) is 13.3. The van der Waals surface area contributed by atoms with E-state index in [1.807, 2.05) is 12.1 Å². The average molecular weight is 564 g/mol. The molecule has 4 aliphatic heterocycles. The fourth-order valence-electron chi connectivity index (χ4n) is 7.00. The first-order valence-corrected chi connectivity index (χ1v) is 13.3. The SMILES string of the molecule is CC1=CC(C2CC(=O)OC2=O)CC2C(=O)OC(=O)C12.O=C1CC(C2CC3C(=O)OC(=O)C3c3ccccc32)C(=O)O1. The molecular formula is C29H24O12. The number of carbonyl (C=O) groups excluding carboxylic acids is 8. The van der Waals surface area contributed by atoms with Crippen molar-refractivity contribution >= 4 is 47.8 Å². The minimum absolute atomic E-state index is 0.0121. The van der Waals surface area contributed by atoms with Gasteiger partial charge in [-0.1, -0.05) is 35.9 Å². The smallest absolute Gasteiger partial charge is 0.321 e. The van der Waals surface area contributed by atoms with Gasteiger partial charge in [-0.2, -0.15) is 0 Å². The normalized spacial score (nSPS) is 35.4. The van der Waals surface area contributed by atoms with Crippen molar-refractivity contribution < 1.29 is 57.3 Å². The van der Waals surface area contributed by atoms with Gasteiger partial charge in [0.1, 0.15) is 0 Å². The third-order valence-electron chi connectivity index (χ3n) is 8.86. The van der Waals surface area contributed by atoms with Crippen LogP contribution in [-0.2, 0) is 57.3 Å². The van der Waals surface area contributed by atoms with Crippen molar-refractivity contribution in [2.45, 2.75) is 44.4 Å². The van der Waals surface area contributed by atoms with E-state index >= 15 is 0 Å². The van der Waals surface area contributed by atoms with E-state index in [1.165, 1.54) is 0 Å². The van der Waals surface area contributed by atoms with E-state index in [2.05, 4.69) is 14.2 Å². The number of carbonyl (C=O) groups is 8. The van der Waals surface area contributed by atoms with Crippen LogP contribution in [0.4, 0.5) is 0 Å². The molecule has 1 aromatic carbocycles. The van der Waals surface area contributed by atoms with Crippen LogP contribution in [0, 0.1) is 35.5 Å². The quantitative estimate of drug-likeness (QED) is 0.219. The van der Waals surface area contributed by atoms with E-state index in [0.717, 1.165) is 11.1 Å². The van der Waals surface area contributed by atoms with Gasteiger partial charge in [0.05, 0.1) is 48.3 Å². The topological polar surface area (TPSA) is 173 Å². The van der Waals surface area contributed by atoms with E-state index in [0.29, 0.717) is 18.4 Å². The molecule has 7 rings (SSSR count). The molecule has 6 aliphatic rings. The molecule has 0 saturated carbocycles. The molecule has 0 aromatic heterocycles. The third-order valence-corrected chi connectivity index (χ3v) is 8.86. The van der Waals surface area contributed by atoms with Crippen molar-refractivity contribution in [3.63, 3.8) is 0 Å². The summed E-state index contributed by atoms with van der Waals surface area (Å²) in [5, 5.41) is 0. The summed E-state index contributed by atoms with van der Waals surface area (Å²) in [6.07, 6.45) is 2.51. The van der Waals surface area contributed by atoms with Gasteiger partial charge in [0, 0.05) is 0 Å². The Morgan fingerprint density at radius 1 is 0.537 bits per heavy atom. The van der Waals surface area contributed by atoms with Gasteiger partial charge in [0.15, 0.2) is 0 Å². The van der Waals surface area contributed by atoms with Crippen LogP contribution in [0.2, 0.25) is 0 Å². The molecule has 12 nitrogen and oxygen atoms in total. The van der Waals surface area contributed by atoms with Gasteiger partial charge in [-0.3, -0.25) is 38.4 Å². The number of hydrogen-bond donors (Lipinski definition) is 0. The Hall–Kier alpha value is -4.48. The van der Waals surface area contributed by atoms with Gasteiger partial charge in [-0.25, -0.2) is 0 Å². The lowest BCUT2D eigenvalue weighted by atomic mass is 9.67. The Bertz CT molecular complexity index is 1470. The van der Waals surface area contributed by atoms with Crippen molar-refractivity contribution in [2.75, 3.05) is 0 Å². The third kappa shape index (κ3) is 4.47. The molecule has 4 heterocycles. The number of fused-ring (bicyclic) bond motifs is 4. The largest absolute Gasteiger partial charge is 0.393 e. The highest BCUT2D eigenvalue weighted by atomic mass is 16.6. The lowest BCUT2D eigenvalue weighted by molar-refractivity contribution is -0.155. The van der Waals surface area contributed by atoms with Gasteiger partial charge in [-0.05, 0) is 42.7 Å². The van der Waals surface area contributed by atoms with Gasteiger partial charge in [0.2, 0.25) is 0 Å². The standard InChI is InChI=1S/C16H12O6.C13H12O6/c17-12-6-10(14(18)21-12)9-5-11-13(16(20)22-15(11)19)8-4-2-1-3-7(8)9;1-5-2-6(7-4-9(14)18-11(7)15)3-8-10(5)13(17)19-12(8)16/h1-4,9-11,13H,5-6H2;2,6-8,10H,3-4H2,1H3. The highest BCUT2D eigenvalue weighted by molar-refractivity contribution is 6.01. The van der Waals surface area contributed by atoms with Crippen LogP contribution in [0.15, 0.2) is 35.9 Å². The Kier molecular flexibility index (Phi) is 6.43. The molecule has 0 radical (unpaired) electrons. The maximum atomic E-state index is 11.9. The zero-order chi connectivity index (χ0) is 29.2. The predicted molar refractivity (Wildman–Crippen MR) is 129 cm³/mol. The molecule has 0 bridgehead atoms. The number of esters is 8. The van der Waals surface area contributed by atoms with Gasteiger partial charge in [0.25, 0.3) is 0 Å². The van der Waals surface area contributed by atoms with Gasteiger partial charge < -0.3 is 18.9 Å².